The van der Waals surface area contributed by atoms with Crippen LogP contribution in [0.1, 0.15) is 40.5 Å². The molecule has 16 heavy (non-hydrogen) atoms. The van der Waals surface area contributed by atoms with Gasteiger partial charge in [0.05, 0.1) is 0 Å². The zero-order valence-corrected chi connectivity index (χ0v) is 10.9. The molecule has 0 aromatic rings. The maximum atomic E-state index is 2.51. The smallest absolute Gasteiger partial charge is 0.000838 e. The second-order valence-corrected chi connectivity index (χ2v) is 7.53. The molecule has 4 rings (SSSR count). The van der Waals surface area contributed by atoms with Crippen LogP contribution in [0.3, 0.4) is 0 Å². The quantitative estimate of drug-likeness (QED) is 0.419. The second-order valence-electron chi connectivity index (χ2n) is 7.53. The summed E-state index contributed by atoms with van der Waals surface area (Å²) in [4.78, 5) is 0. The van der Waals surface area contributed by atoms with Crippen molar-refractivity contribution in [3.8, 4) is 0 Å². The van der Waals surface area contributed by atoms with Crippen LogP contribution >= 0.6 is 0 Å². The van der Waals surface area contributed by atoms with Crippen LogP contribution in [0, 0.1) is 34.5 Å². The van der Waals surface area contributed by atoms with Gasteiger partial charge in [-0.3, -0.25) is 0 Å². The molecule has 0 nitrogen and oxygen atoms in total. The van der Waals surface area contributed by atoms with Crippen LogP contribution in [0.25, 0.3) is 0 Å². The Morgan fingerprint density at radius 3 is 1.69 bits per heavy atom. The van der Waals surface area contributed by atoms with Crippen molar-refractivity contribution in [3.05, 3.63) is 23.3 Å². The largest absolute Gasteiger partial charge is 0.0807 e. The molecule has 0 amide bonds. The summed E-state index contributed by atoms with van der Waals surface area (Å²) >= 11 is 0. The second kappa shape index (κ2) is 2.35. The zero-order chi connectivity index (χ0) is 11.3. The maximum absolute atomic E-state index is 2.51. The van der Waals surface area contributed by atoms with Crippen LogP contribution in [0.4, 0.5) is 0 Å². The zero-order valence-electron chi connectivity index (χ0n) is 10.9. The standard InChI is InChI=1S/C16H22/c1-15(2)11-8-12(16(15,3)4)14-10-6-5-9(7-10)13(11)14/h5-6,9-12H,7-8H2,1-4H3. The average molecular weight is 214 g/mol. The molecule has 0 N–H and O–H groups in total. The first-order chi connectivity index (χ1) is 7.44. The summed E-state index contributed by atoms with van der Waals surface area (Å²) in [5.74, 6) is 3.46. The van der Waals surface area contributed by atoms with Gasteiger partial charge in [-0.25, -0.2) is 0 Å². The molecule has 0 radical (unpaired) electrons. The van der Waals surface area contributed by atoms with Crippen LogP contribution in [-0.4, -0.2) is 0 Å². The minimum Gasteiger partial charge on any atom is -0.0807 e. The van der Waals surface area contributed by atoms with Crippen molar-refractivity contribution in [1.82, 2.24) is 0 Å². The molecule has 4 aliphatic carbocycles. The lowest BCUT2D eigenvalue weighted by molar-refractivity contribution is 0.0827. The fraction of sp³-hybridized carbons (Fsp3) is 0.750. The lowest BCUT2D eigenvalue weighted by Gasteiger charge is -2.47. The van der Waals surface area contributed by atoms with E-state index in [9.17, 15) is 0 Å². The van der Waals surface area contributed by atoms with Gasteiger partial charge in [-0.05, 0) is 47.3 Å². The molecule has 86 valence electrons. The molecule has 4 bridgehead atoms. The van der Waals surface area contributed by atoms with Crippen LogP contribution in [0.5, 0.6) is 0 Å². The highest BCUT2D eigenvalue weighted by Gasteiger charge is 2.64. The monoisotopic (exact) mass is 214 g/mol. The van der Waals surface area contributed by atoms with Crippen molar-refractivity contribution in [3.63, 3.8) is 0 Å². The van der Waals surface area contributed by atoms with Crippen molar-refractivity contribution in [2.75, 3.05) is 0 Å². The Hall–Kier alpha value is -0.520. The van der Waals surface area contributed by atoms with Crippen LogP contribution in [0.15, 0.2) is 23.3 Å². The van der Waals surface area contributed by atoms with Gasteiger partial charge >= 0.3 is 0 Å². The highest BCUT2D eigenvalue weighted by atomic mass is 14.7. The molecule has 1 fully saturated rings. The molecule has 0 heteroatoms. The predicted octanol–water partition coefficient (Wildman–Crippen LogP) is 4.19. The van der Waals surface area contributed by atoms with E-state index < -0.39 is 0 Å². The summed E-state index contributed by atoms with van der Waals surface area (Å²) < 4.78 is 0. The highest BCUT2D eigenvalue weighted by Crippen LogP contribution is 2.73. The molecule has 0 aromatic carbocycles. The fourth-order valence-electron chi connectivity index (χ4n) is 5.26. The van der Waals surface area contributed by atoms with Crippen LogP contribution < -0.4 is 0 Å². The van der Waals surface area contributed by atoms with Crippen molar-refractivity contribution >= 4 is 0 Å². The molecule has 4 unspecified atom stereocenters. The summed E-state index contributed by atoms with van der Waals surface area (Å²) in [7, 11) is 0. The third-order valence-corrected chi connectivity index (χ3v) is 6.84. The first kappa shape index (κ1) is 9.50. The molecule has 1 saturated carbocycles. The first-order valence-corrected chi connectivity index (χ1v) is 6.87. The summed E-state index contributed by atoms with van der Waals surface area (Å²) in [5.41, 5.74) is 4.80. The minimum absolute atomic E-state index is 0.509. The van der Waals surface area contributed by atoms with Gasteiger partial charge in [0.25, 0.3) is 0 Å². The first-order valence-electron chi connectivity index (χ1n) is 6.87. The molecule has 4 aliphatic rings. The Labute approximate surface area is 98.8 Å². The van der Waals surface area contributed by atoms with E-state index in [-0.39, 0.29) is 0 Å². The SMILES string of the molecule is CC1(C)C2CC(C3=C2C2C=CC3C2)C1(C)C. The molecular weight excluding hydrogens is 192 g/mol. The van der Waals surface area contributed by atoms with Crippen molar-refractivity contribution < 1.29 is 0 Å². The third-order valence-electron chi connectivity index (χ3n) is 6.84. The third kappa shape index (κ3) is 0.734. The Morgan fingerprint density at radius 1 is 0.812 bits per heavy atom. The lowest BCUT2D eigenvalue weighted by atomic mass is 9.57. The molecule has 0 saturated heterocycles. The van der Waals surface area contributed by atoms with E-state index in [0.29, 0.717) is 10.8 Å². The molecule has 0 heterocycles. The van der Waals surface area contributed by atoms with Crippen LogP contribution in [0.2, 0.25) is 0 Å². The van der Waals surface area contributed by atoms with Gasteiger partial charge in [-0.2, -0.15) is 0 Å². The summed E-state index contributed by atoms with van der Waals surface area (Å²) in [6.07, 6.45) is 7.86. The summed E-state index contributed by atoms with van der Waals surface area (Å²) in [6, 6.07) is 0. The number of rotatable bonds is 0. The highest BCUT2D eigenvalue weighted by molar-refractivity contribution is 5.48. The van der Waals surface area contributed by atoms with Crippen molar-refractivity contribution in [1.29, 1.82) is 0 Å². The Balaban J connectivity index is 1.90. The topological polar surface area (TPSA) is 0 Å². The normalized spacial score (nSPS) is 49.2. The van der Waals surface area contributed by atoms with Crippen LogP contribution in [-0.2, 0) is 0 Å². The Bertz CT molecular complexity index is 395. The fourth-order valence-corrected chi connectivity index (χ4v) is 5.26. The van der Waals surface area contributed by atoms with E-state index in [1.54, 1.807) is 0 Å². The van der Waals surface area contributed by atoms with E-state index in [1.165, 1.54) is 12.8 Å². The predicted molar refractivity (Wildman–Crippen MR) is 66.9 cm³/mol. The number of hydrogen-bond donors (Lipinski definition) is 0. The molecule has 0 spiro atoms. The van der Waals surface area contributed by atoms with Crippen molar-refractivity contribution in [2.45, 2.75) is 40.5 Å². The van der Waals surface area contributed by atoms with Gasteiger partial charge in [0.2, 0.25) is 0 Å². The molecular formula is C16H22. The van der Waals surface area contributed by atoms with E-state index in [0.717, 1.165) is 23.7 Å². The van der Waals surface area contributed by atoms with E-state index in [1.807, 2.05) is 11.1 Å². The molecule has 4 atom stereocenters. The average Bonchev–Trinajstić information content (AvgIpc) is 2.89. The summed E-state index contributed by atoms with van der Waals surface area (Å²) in [6.45, 7) is 10.0. The Morgan fingerprint density at radius 2 is 1.25 bits per heavy atom. The Kier molecular flexibility index (Phi) is 1.39. The summed E-state index contributed by atoms with van der Waals surface area (Å²) in [5, 5.41) is 0. The molecule has 0 aromatic heterocycles. The van der Waals surface area contributed by atoms with Gasteiger partial charge in [0, 0.05) is 0 Å². The lowest BCUT2D eigenvalue weighted by Crippen LogP contribution is -2.40. The van der Waals surface area contributed by atoms with E-state index >= 15 is 0 Å². The molecule has 0 aliphatic heterocycles. The maximum Gasteiger partial charge on any atom is -0.000838 e. The van der Waals surface area contributed by atoms with Gasteiger partial charge in [0.15, 0.2) is 0 Å². The van der Waals surface area contributed by atoms with Gasteiger partial charge < -0.3 is 0 Å². The van der Waals surface area contributed by atoms with E-state index in [4.69, 9.17) is 0 Å². The van der Waals surface area contributed by atoms with E-state index in [2.05, 4.69) is 39.8 Å². The number of hydrogen-bond acceptors (Lipinski definition) is 0. The van der Waals surface area contributed by atoms with Gasteiger partial charge in [-0.1, -0.05) is 51.0 Å². The van der Waals surface area contributed by atoms with Crippen molar-refractivity contribution in [2.24, 2.45) is 34.5 Å². The van der Waals surface area contributed by atoms with Gasteiger partial charge in [0.1, 0.15) is 0 Å². The van der Waals surface area contributed by atoms with Gasteiger partial charge in [-0.15, -0.1) is 0 Å². The minimum atomic E-state index is 0.509. The number of allylic oxidation sites excluding steroid dienone is 4. The number of fused-ring (bicyclic) bond motifs is 8.